The first-order chi connectivity index (χ1) is 4.59. The van der Waals surface area contributed by atoms with Crippen LogP contribution < -0.4 is 0 Å². The summed E-state index contributed by atoms with van der Waals surface area (Å²) in [6.07, 6.45) is 1.51. The second-order valence-electron chi connectivity index (χ2n) is 2.39. The van der Waals surface area contributed by atoms with Gasteiger partial charge in [-0.15, -0.1) is 0 Å². The minimum absolute atomic E-state index is 0.0620. The van der Waals surface area contributed by atoms with E-state index in [9.17, 15) is 4.79 Å². The molecule has 59 valence electrons. The Bertz CT molecular complexity index is 114. The van der Waals surface area contributed by atoms with Gasteiger partial charge in [-0.1, -0.05) is 13.3 Å². The fraction of sp³-hybridized carbons (Fsp3) is 0.714. The van der Waals surface area contributed by atoms with E-state index in [0.717, 1.165) is 12.8 Å². The summed E-state index contributed by atoms with van der Waals surface area (Å²) in [7, 11) is 3.46. The molecule has 0 saturated carbocycles. The number of hydrogen-bond acceptors (Lipinski definition) is 2. The smallest absolute Gasteiger partial charge is 0.234 e. The van der Waals surface area contributed by atoms with Crippen molar-refractivity contribution in [1.29, 1.82) is 0 Å². The Labute approximate surface area is 68.0 Å². The molecule has 0 aromatic carbocycles. The first kappa shape index (κ1) is 9.82. The Morgan fingerprint density at radius 1 is 1.70 bits per heavy atom. The van der Waals surface area contributed by atoms with Crippen LogP contribution in [-0.2, 0) is 4.79 Å². The lowest BCUT2D eigenvalue weighted by Gasteiger charge is -2.14. The van der Waals surface area contributed by atoms with E-state index in [1.807, 2.05) is 0 Å². The topological polar surface area (TPSA) is 20.3 Å². The normalized spacial score (nSPS) is 12.8. The zero-order chi connectivity index (χ0) is 8.15. The Kier molecular flexibility index (Phi) is 4.52. The Morgan fingerprint density at radius 3 is 2.50 bits per heavy atom. The Morgan fingerprint density at radius 2 is 2.20 bits per heavy atom. The first-order valence-electron chi connectivity index (χ1n) is 3.28. The molecule has 0 aromatic heterocycles. The molecule has 10 heavy (non-hydrogen) atoms. The molecule has 0 fully saturated rings. The minimum Gasteiger partial charge on any atom is -0.348 e. The molecule has 1 unspecified atom stereocenters. The summed E-state index contributed by atoms with van der Waals surface area (Å²) in [4.78, 5) is 12.6. The van der Waals surface area contributed by atoms with Gasteiger partial charge in [0, 0.05) is 14.1 Å². The SMILES string of the molecule is [CH2]CCC(S)C(=O)N(C)C. The van der Waals surface area contributed by atoms with E-state index in [4.69, 9.17) is 0 Å². The first-order valence-corrected chi connectivity index (χ1v) is 3.79. The molecule has 0 heterocycles. The molecule has 0 aliphatic carbocycles. The molecule has 1 radical (unpaired) electrons. The average molecular weight is 160 g/mol. The molecule has 0 aliphatic heterocycles. The molecule has 1 amide bonds. The lowest BCUT2D eigenvalue weighted by Crippen LogP contribution is -2.30. The van der Waals surface area contributed by atoms with Gasteiger partial charge in [0.25, 0.3) is 0 Å². The highest BCUT2D eigenvalue weighted by molar-refractivity contribution is 7.81. The summed E-state index contributed by atoms with van der Waals surface area (Å²) in [5, 5.41) is -0.174. The predicted molar refractivity (Wildman–Crippen MR) is 46.1 cm³/mol. The maximum Gasteiger partial charge on any atom is 0.234 e. The second kappa shape index (κ2) is 4.61. The summed E-state index contributed by atoms with van der Waals surface area (Å²) in [5.41, 5.74) is 0. The molecule has 0 aliphatic rings. The molecule has 0 spiro atoms. The van der Waals surface area contributed by atoms with Gasteiger partial charge in [-0.2, -0.15) is 12.6 Å². The molecule has 0 aromatic rings. The summed E-state index contributed by atoms with van der Waals surface area (Å²) in [5.74, 6) is 0.0620. The molecular formula is C7H14NOS. The maximum absolute atomic E-state index is 11.1. The Balaban J connectivity index is 3.71. The summed E-state index contributed by atoms with van der Waals surface area (Å²) < 4.78 is 0. The largest absolute Gasteiger partial charge is 0.348 e. The Hall–Kier alpha value is -0.180. The number of nitrogens with zero attached hydrogens (tertiary/aromatic N) is 1. The highest BCUT2D eigenvalue weighted by Gasteiger charge is 2.13. The van der Waals surface area contributed by atoms with Gasteiger partial charge in [0.2, 0.25) is 5.91 Å². The second-order valence-corrected chi connectivity index (χ2v) is 3.01. The van der Waals surface area contributed by atoms with Gasteiger partial charge in [0.05, 0.1) is 5.25 Å². The van der Waals surface area contributed by atoms with Crippen LogP contribution in [0.3, 0.4) is 0 Å². The number of carbonyl (C=O) groups is 1. The zero-order valence-electron chi connectivity index (χ0n) is 6.50. The minimum atomic E-state index is -0.174. The lowest BCUT2D eigenvalue weighted by molar-refractivity contribution is -0.128. The third-order valence-corrected chi connectivity index (χ3v) is 1.68. The van der Waals surface area contributed by atoms with Gasteiger partial charge < -0.3 is 4.90 Å². The van der Waals surface area contributed by atoms with Crippen molar-refractivity contribution in [2.45, 2.75) is 18.1 Å². The summed E-state index contributed by atoms with van der Waals surface area (Å²) >= 11 is 4.11. The van der Waals surface area contributed by atoms with Crippen molar-refractivity contribution >= 4 is 18.5 Å². The van der Waals surface area contributed by atoms with Crippen molar-refractivity contribution in [2.75, 3.05) is 14.1 Å². The van der Waals surface area contributed by atoms with E-state index in [0.29, 0.717) is 0 Å². The van der Waals surface area contributed by atoms with Crippen LogP contribution >= 0.6 is 12.6 Å². The monoisotopic (exact) mass is 160 g/mol. The van der Waals surface area contributed by atoms with Crippen LogP contribution in [0.1, 0.15) is 12.8 Å². The molecule has 1 atom stereocenters. The van der Waals surface area contributed by atoms with Crippen molar-refractivity contribution in [3.05, 3.63) is 6.92 Å². The lowest BCUT2D eigenvalue weighted by atomic mass is 10.2. The van der Waals surface area contributed by atoms with Crippen molar-refractivity contribution < 1.29 is 4.79 Å². The highest BCUT2D eigenvalue weighted by Crippen LogP contribution is 2.05. The standard InChI is InChI=1S/C7H14NOS/c1-4-5-6(10)7(9)8(2)3/h6,10H,1,4-5H2,2-3H3. The fourth-order valence-electron chi connectivity index (χ4n) is 0.615. The predicted octanol–water partition coefficient (Wildman–Crippen LogP) is 0.987. The van der Waals surface area contributed by atoms with E-state index < -0.39 is 0 Å². The molecule has 2 nitrogen and oxygen atoms in total. The van der Waals surface area contributed by atoms with Gasteiger partial charge >= 0.3 is 0 Å². The van der Waals surface area contributed by atoms with Crippen LogP contribution in [0, 0.1) is 6.92 Å². The van der Waals surface area contributed by atoms with Crippen LogP contribution in [0.5, 0.6) is 0 Å². The van der Waals surface area contributed by atoms with Crippen LogP contribution in [-0.4, -0.2) is 30.2 Å². The summed E-state index contributed by atoms with van der Waals surface area (Å²) in [6, 6.07) is 0. The molecule has 3 heteroatoms. The van der Waals surface area contributed by atoms with E-state index in [2.05, 4.69) is 19.6 Å². The van der Waals surface area contributed by atoms with Crippen molar-refractivity contribution in [3.63, 3.8) is 0 Å². The zero-order valence-corrected chi connectivity index (χ0v) is 7.40. The van der Waals surface area contributed by atoms with Gasteiger partial charge in [-0.05, 0) is 6.42 Å². The highest BCUT2D eigenvalue weighted by atomic mass is 32.1. The number of amides is 1. The van der Waals surface area contributed by atoms with E-state index in [1.165, 1.54) is 0 Å². The van der Waals surface area contributed by atoms with Crippen molar-refractivity contribution in [3.8, 4) is 0 Å². The van der Waals surface area contributed by atoms with Crippen molar-refractivity contribution in [1.82, 2.24) is 4.90 Å². The van der Waals surface area contributed by atoms with Crippen LogP contribution in [0.25, 0.3) is 0 Å². The number of thiol groups is 1. The average Bonchev–Trinajstić information content (AvgIpc) is 1.87. The van der Waals surface area contributed by atoms with Gasteiger partial charge in [-0.25, -0.2) is 0 Å². The van der Waals surface area contributed by atoms with E-state index in [1.54, 1.807) is 19.0 Å². The summed E-state index contributed by atoms with van der Waals surface area (Å²) in [6.45, 7) is 3.65. The molecular weight excluding hydrogens is 146 g/mol. The van der Waals surface area contributed by atoms with E-state index >= 15 is 0 Å². The van der Waals surface area contributed by atoms with Crippen molar-refractivity contribution in [2.24, 2.45) is 0 Å². The van der Waals surface area contributed by atoms with Gasteiger partial charge in [0.15, 0.2) is 0 Å². The number of carbonyl (C=O) groups excluding carboxylic acids is 1. The third-order valence-electron chi connectivity index (χ3n) is 1.20. The fourth-order valence-corrected chi connectivity index (χ4v) is 1.03. The van der Waals surface area contributed by atoms with Crippen LogP contribution in [0.4, 0.5) is 0 Å². The third kappa shape index (κ3) is 3.11. The maximum atomic E-state index is 11.1. The molecule has 0 bridgehead atoms. The van der Waals surface area contributed by atoms with Gasteiger partial charge in [-0.3, -0.25) is 4.79 Å². The quantitative estimate of drug-likeness (QED) is 0.610. The molecule has 0 N–H and O–H groups in total. The van der Waals surface area contributed by atoms with Gasteiger partial charge in [0.1, 0.15) is 0 Å². The number of hydrogen-bond donors (Lipinski definition) is 1. The molecule has 0 saturated heterocycles. The molecule has 0 rings (SSSR count). The van der Waals surface area contributed by atoms with E-state index in [-0.39, 0.29) is 11.2 Å². The number of rotatable bonds is 3. The van der Waals surface area contributed by atoms with Crippen LogP contribution in [0.15, 0.2) is 0 Å². The van der Waals surface area contributed by atoms with Crippen LogP contribution in [0.2, 0.25) is 0 Å².